The predicted octanol–water partition coefficient (Wildman–Crippen LogP) is 9.68. The lowest BCUT2D eigenvalue weighted by molar-refractivity contribution is -0.201. The summed E-state index contributed by atoms with van der Waals surface area (Å²) in [6, 6.07) is 8.31. The third-order valence-corrected chi connectivity index (χ3v) is 16.1. The van der Waals surface area contributed by atoms with Gasteiger partial charge < -0.3 is 24.6 Å². The van der Waals surface area contributed by atoms with Gasteiger partial charge >= 0.3 is 13.9 Å². The number of hydrogen-bond acceptors (Lipinski definition) is 11. The lowest BCUT2D eigenvalue weighted by Crippen LogP contribution is -2.63. The molecular weight excluding hydrogens is 797 g/mol. The van der Waals surface area contributed by atoms with Crippen molar-refractivity contribution in [2.24, 2.45) is 34.5 Å². The van der Waals surface area contributed by atoms with Crippen LogP contribution in [0.2, 0.25) is 0 Å². The average molecular weight is 868 g/mol. The van der Waals surface area contributed by atoms with E-state index in [-0.39, 0.29) is 42.1 Å². The lowest BCUT2D eigenvalue weighted by atomic mass is 9.46. The molecule has 12 nitrogen and oxygen atoms in total. The van der Waals surface area contributed by atoms with Gasteiger partial charge in [0, 0.05) is 28.4 Å². The summed E-state index contributed by atoms with van der Waals surface area (Å²) >= 11 is 0. The van der Waals surface area contributed by atoms with Crippen molar-refractivity contribution in [2.45, 2.75) is 181 Å². The molecule has 0 bridgehead atoms. The van der Waals surface area contributed by atoms with Crippen LogP contribution < -0.4 is 5.32 Å². The Morgan fingerprint density at radius 2 is 1.56 bits per heavy atom. The van der Waals surface area contributed by atoms with Crippen LogP contribution in [0, 0.1) is 34.5 Å². The van der Waals surface area contributed by atoms with Crippen LogP contribution in [-0.2, 0) is 48.4 Å². The minimum atomic E-state index is -4.27. The summed E-state index contributed by atoms with van der Waals surface area (Å²) < 4.78 is 51.3. The molecule has 338 valence electrons. The molecule has 4 saturated carbocycles. The molecule has 5 fully saturated rings. The van der Waals surface area contributed by atoms with Gasteiger partial charge in [0.1, 0.15) is 12.2 Å². The maximum Gasteiger partial charge on any atom is 0.476 e. The average Bonchev–Trinajstić information content (AvgIpc) is 3.62. The third-order valence-electron chi connectivity index (χ3n) is 14.1. The number of ketones is 2. The Kier molecular flexibility index (Phi) is 12.4. The van der Waals surface area contributed by atoms with Gasteiger partial charge in [-0.05, 0) is 156 Å². The Hall–Kier alpha value is -2.70. The largest absolute Gasteiger partial charge is 0.476 e. The van der Waals surface area contributed by atoms with Crippen molar-refractivity contribution in [2.75, 3.05) is 6.61 Å². The number of aliphatic hydroxyl groups is 1. The maximum atomic E-state index is 15.1. The van der Waals surface area contributed by atoms with E-state index in [0.717, 1.165) is 56.1 Å². The zero-order chi connectivity index (χ0) is 44.6. The number of alkyl carbamates (subject to hydrolysis) is 1. The number of Topliss-reactive ketones (excluding diaryl/α,β-unsaturated/α-hetero) is 1. The standard InChI is InChI=1S/C48H70NO11P/c1-43(2,3)58-42(53)49-33-19-14-30(15-20-33)24-29-12-16-31(17-13-29)41-56-39-26-36-35-21-18-32-25-34(50)22-23-46(32,10)40(35)37(51)27-47(36,11)48(39,57-41)38(52)28-55-61(54,59-44(4,5)6)60-45(7,8)9/h12-13,16-17,22-23,25,30,33,35-37,39-41,51H,14-15,18-21,24,26-28H2,1-11H3,(H,49,53)/t30?,33?,35-,36-,37-,39+,40+,41+,46-,47-,48+/m0/s1. The fourth-order valence-corrected chi connectivity index (χ4v) is 13.6. The number of allylic oxidation sites excluding steroid dienone is 4. The lowest BCUT2D eigenvalue weighted by Gasteiger charge is -2.59. The van der Waals surface area contributed by atoms with Gasteiger partial charge in [0.25, 0.3) is 0 Å². The van der Waals surface area contributed by atoms with Crippen molar-refractivity contribution in [3.8, 4) is 0 Å². The first-order chi connectivity index (χ1) is 28.2. The molecule has 2 N–H and O–H groups in total. The summed E-state index contributed by atoms with van der Waals surface area (Å²) in [5.74, 6) is -0.152. The smallest absolute Gasteiger partial charge is 0.444 e. The zero-order valence-corrected chi connectivity index (χ0v) is 39.1. The first kappa shape index (κ1) is 46.3. The second-order valence-electron chi connectivity index (χ2n) is 22.1. The van der Waals surface area contributed by atoms with Crippen LogP contribution in [0.15, 0.2) is 48.1 Å². The summed E-state index contributed by atoms with van der Waals surface area (Å²) in [5.41, 5.74) is -2.22. The minimum Gasteiger partial charge on any atom is -0.444 e. The van der Waals surface area contributed by atoms with Crippen LogP contribution in [-0.4, -0.2) is 70.0 Å². The van der Waals surface area contributed by atoms with Crippen molar-refractivity contribution in [1.82, 2.24) is 5.32 Å². The zero-order valence-electron chi connectivity index (χ0n) is 38.2. The number of benzene rings is 1. The van der Waals surface area contributed by atoms with E-state index >= 15 is 4.79 Å². The number of nitrogens with one attached hydrogen (secondary N) is 1. The molecule has 1 heterocycles. The van der Waals surface area contributed by atoms with Crippen molar-refractivity contribution < 1.29 is 51.8 Å². The van der Waals surface area contributed by atoms with Crippen LogP contribution in [0.3, 0.4) is 0 Å². The molecule has 1 aromatic rings. The highest BCUT2D eigenvalue weighted by molar-refractivity contribution is 7.48. The molecule has 9 atom stereocenters. The molecule has 0 aromatic heterocycles. The summed E-state index contributed by atoms with van der Waals surface area (Å²) in [7, 11) is -4.27. The number of phosphoric ester groups is 1. The number of carbonyl (C=O) groups is 3. The predicted molar refractivity (Wildman–Crippen MR) is 230 cm³/mol. The minimum absolute atomic E-state index is 0.0255. The monoisotopic (exact) mass is 867 g/mol. The van der Waals surface area contributed by atoms with E-state index in [1.54, 1.807) is 53.7 Å². The van der Waals surface area contributed by atoms with Crippen molar-refractivity contribution in [1.29, 1.82) is 0 Å². The normalized spacial score (nSPS) is 36.3. The quantitative estimate of drug-likeness (QED) is 0.216. The molecule has 1 saturated heterocycles. The Morgan fingerprint density at radius 1 is 0.918 bits per heavy atom. The van der Waals surface area contributed by atoms with Gasteiger partial charge in [-0.25, -0.2) is 9.36 Å². The maximum absolute atomic E-state index is 15.1. The van der Waals surface area contributed by atoms with E-state index in [1.165, 1.54) is 5.56 Å². The number of phosphoric acid groups is 1. The molecule has 13 heteroatoms. The summed E-state index contributed by atoms with van der Waals surface area (Å²) in [4.78, 5) is 39.9. The highest BCUT2D eigenvalue weighted by atomic mass is 31.2. The van der Waals surface area contributed by atoms with Crippen LogP contribution in [0.1, 0.15) is 145 Å². The number of carbonyl (C=O) groups excluding carboxylic acids is 3. The second kappa shape index (κ2) is 16.4. The SMILES string of the molecule is CC(C)(C)OC(=O)NC1CCC(Cc2ccc([C@@H]3O[C@@H]4C[C@H]5[C@@H]6CCC7=CC(=O)C=C[C@]7(C)[C@H]6[C@@H](O)C[C@]5(C)[C@]4(C(=O)COP(=O)(OC(C)(C)C)OC(C)(C)C)O3)cc2)CC1. The van der Waals surface area contributed by atoms with Crippen LogP contribution >= 0.6 is 7.82 Å². The molecule has 61 heavy (non-hydrogen) atoms. The molecule has 0 spiro atoms. The van der Waals surface area contributed by atoms with E-state index in [2.05, 4.69) is 24.4 Å². The van der Waals surface area contributed by atoms with E-state index in [4.69, 9.17) is 27.8 Å². The molecule has 0 radical (unpaired) electrons. The topological polar surface area (TPSA) is 156 Å². The molecule has 0 unspecified atom stereocenters. The van der Waals surface area contributed by atoms with Crippen LogP contribution in [0.4, 0.5) is 4.79 Å². The molecule has 1 aliphatic heterocycles. The van der Waals surface area contributed by atoms with Gasteiger partial charge in [0.2, 0.25) is 0 Å². The Labute approximate surface area is 362 Å². The van der Waals surface area contributed by atoms with Crippen molar-refractivity contribution in [3.05, 3.63) is 59.2 Å². The summed E-state index contributed by atoms with van der Waals surface area (Å²) in [6.07, 6.45) is 9.62. The number of ether oxygens (including phenoxy) is 3. The van der Waals surface area contributed by atoms with E-state index in [0.29, 0.717) is 12.3 Å². The number of amides is 1. The number of hydrogen-bond donors (Lipinski definition) is 2. The van der Waals surface area contributed by atoms with Gasteiger partial charge in [0.15, 0.2) is 23.5 Å². The molecule has 1 aromatic carbocycles. The molecule has 1 amide bonds. The fourth-order valence-electron chi connectivity index (χ4n) is 11.8. The van der Waals surface area contributed by atoms with E-state index < -0.39 is 71.9 Å². The Bertz CT molecular complexity index is 1930. The molecular formula is C48H70NO11P. The van der Waals surface area contributed by atoms with Gasteiger partial charge in [0.05, 0.1) is 23.4 Å². The van der Waals surface area contributed by atoms with Crippen molar-refractivity contribution >= 4 is 25.5 Å². The number of fused-ring (bicyclic) bond motifs is 7. The first-order valence-electron chi connectivity index (χ1n) is 22.5. The fraction of sp³-hybridized carbons (Fsp3) is 0.729. The second-order valence-corrected chi connectivity index (χ2v) is 23.6. The van der Waals surface area contributed by atoms with Gasteiger partial charge in [-0.1, -0.05) is 49.8 Å². The first-order valence-corrected chi connectivity index (χ1v) is 23.9. The molecule has 7 rings (SSSR count). The van der Waals surface area contributed by atoms with Crippen LogP contribution in [0.25, 0.3) is 0 Å². The number of rotatable bonds is 10. The van der Waals surface area contributed by atoms with E-state index in [9.17, 15) is 19.3 Å². The highest BCUT2D eigenvalue weighted by Crippen LogP contribution is 2.71. The van der Waals surface area contributed by atoms with Crippen LogP contribution in [0.5, 0.6) is 0 Å². The molecule has 6 aliphatic rings. The summed E-state index contributed by atoms with van der Waals surface area (Å²) in [6.45, 7) is 19.6. The van der Waals surface area contributed by atoms with Crippen molar-refractivity contribution in [3.63, 3.8) is 0 Å². The summed E-state index contributed by atoms with van der Waals surface area (Å²) in [5, 5.41) is 15.3. The van der Waals surface area contributed by atoms with Gasteiger partial charge in [-0.15, -0.1) is 0 Å². The third kappa shape index (κ3) is 9.43. The van der Waals surface area contributed by atoms with Gasteiger partial charge in [-0.3, -0.25) is 23.2 Å². The molecule has 5 aliphatic carbocycles. The Morgan fingerprint density at radius 3 is 2.16 bits per heavy atom. The number of aliphatic hydroxyl groups excluding tert-OH is 1. The Balaban J connectivity index is 1.12. The van der Waals surface area contributed by atoms with Gasteiger partial charge in [-0.2, -0.15) is 0 Å². The highest BCUT2D eigenvalue weighted by Gasteiger charge is 2.76. The van der Waals surface area contributed by atoms with E-state index in [1.807, 2.05) is 45.9 Å².